The maximum atomic E-state index is 14.8. The fourth-order valence-corrected chi connectivity index (χ4v) is 4.40. The number of hydrogen-bond acceptors (Lipinski definition) is 6. The van der Waals surface area contributed by atoms with E-state index < -0.39 is 35.3 Å². The van der Waals surface area contributed by atoms with Crippen LogP contribution in [-0.2, 0) is 17.5 Å². The fraction of sp³-hybridized carbons (Fsp3) is 0.379. The summed E-state index contributed by atoms with van der Waals surface area (Å²) in [5.41, 5.74) is -0.817. The van der Waals surface area contributed by atoms with Crippen LogP contribution in [0.1, 0.15) is 38.3 Å². The highest BCUT2D eigenvalue weighted by molar-refractivity contribution is 5.89. The molecule has 4 rings (SSSR count). The molecule has 2 heterocycles. The van der Waals surface area contributed by atoms with Gasteiger partial charge in [0.05, 0.1) is 11.1 Å². The number of anilines is 2. The summed E-state index contributed by atoms with van der Waals surface area (Å²) >= 11 is 0. The van der Waals surface area contributed by atoms with E-state index in [1.165, 1.54) is 6.20 Å². The van der Waals surface area contributed by atoms with Gasteiger partial charge in [-0.25, -0.2) is 23.9 Å². The minimum absolute atomic E-state index is 0.0289. The van der Waals surface area contributed by atoms with Gasteiger partial charge in [0.1, 0.15) is 17.2 Å². The van der Waals surface area contributed by atoms with Crippen molar-refractivity contribution in [3.05, 3.63) is 71.7 Å². The molecule has 9 nitrogen and oxygen atoms in total. The monoisotopic (exact) mass is 588 g/mol. The third-order valence-corrected chi connectivity index (χ3v) is 6.37. The van der Waals surface area contributed by atoms with E-state index in [-0.39, 0.29) is 23.9 Å². The Morgan fingerprint density at radius 3 is 2.48 bits per heavy atom. The number of alkyl halides is 3. The van der Waals surface area contributed by atoms with E-state index in [4.69, 9.17) is 4.74 Å². The van der Waals surface area contributed by atoms with Crippen molar-refractivity contribution in [2.24, 2.45) is 5.92 Å². The van der Waals surface area contributed by atoms with Crippen LogP contribution in [0.2, 0.25) is 0 Å². The molecule has 1 atom stereocenters. The normalized spacial score (nSPS) is 15.3. The Hall–Kier alpha value is -4.42. The Labute approximate surface area is 240 Å². The molecule has 0 aliphatic carbocycles. The Morgan fingerprint density at radius 2 is 1.81 bits per heavy atom. The van der Waals surface area contributed by atoms with Crippen molar-refractivity contribution in [2.75, 3.05) is 29.9 Å². The highest BCUT2D eigenvalue weighted by Gasteiger charge is 2.32. The van der Waals surface area contributed by atoms with Crippen LogP contribution in [0.4, 0.5) is 38.7 Å². The molecule has 1 aliphatic heterocycles. The molecule has 224 valence electrons. The summed E-state index contributed by atoms with van der Waals surface area (Å²) in [7, 11) is 0. The molecule has 1 fully saturated rings. The lowest BCUT2D eigenvalue weighted by molar-refractivity contribution is -0.137. The van der Waals surface area contributed by atoms with E-state index in [0.717, 1.165) is 12.1 Å². The third-order valence-electron chi connectivity index (χ3n) is 6.37. The molecule has 0 radical (unpaired) electrons. The summed E-state index contributed by atoms with van der Waals surface area (Å²) in [6.07, 6.45) is -3.11. The van der Waals surface area contributed by atoms with Crippen LogP contribution < -0.4 is 20.9 Å². The first-order chi connectivity index (χ1) is 19.8. The molecule has 2 aromatic carbocycles. The lowest BCUT2D eigenvalue weighted by atomic mass is 10.1. The van der Waals surface area contributed by atoms with Gasteiger partial charge in [-0.3, -0.25) is 0 Å². The number of para-hydroxylation sites is 1. The molecule has 3 aromatic rings. The Balaban J connectivity index is 1.54. The van der Waals surface area contributed by atoms with E-state index in [1.807, 2.05) is 11.0 Å². The van der Waals surface area contributed by atoms with Gasteiger partial charge in [-0.05, 0) is 63.4 Å². The Bertz CT molecular complexity index is 1410. The zero-order valence-corrected chi connectivity index (χ0v) is 23.4. The van der Waals surface area contributed by atoms with E-state index in [0.29, 0.717) is 49.2 Å². The van der Waals surface area contributed by atoms with Crippen LogP contribution in [0, 0.1) is 11.7 Å². The van der Waals surface area contributed by atoms with Gasteiger partial charge < -0.3 is 25.6 Å². The average molecular weight is 589 g/mol. The second kappa shape index (κ2) is 12.6. The predicted molar refractivity (Wildman–Crippen MR) is 149 cm³/mol. The van der Waals surface area contributed by atoms with E-state index in [9.17, 15) is 27.2 Å². The van der Waals surface area contributed by atoms with Crippen molar-refractivity contribution in [1.29, 1.82) is 0 Å². The van der Waals surface area contributed by atoms with Crippen LogP contribution in [0.3, 0.4) is 0 Å². The first-order valence-corrected chi connectivity index (χ1v) is 13.3. The van der Waals surface area contributed by atoms with Crippen molar-refractivity contribution >= 4 is 23.6 Å². The van der Waals surface area contributed by atoms with Gasteiger partial charge >= 0.3 is 18.3 Å². The second-order valence-corrected chi connectivity index (χ2v) is 10.9. The molecule has 1 unspecified atom stereocenters. The van der Waals surface area contributed by atoms with Gasteiger partial charge in [-0.1, -0.05) is 18.2 Å². The number of amides is 3. The Morgan fingerprint density at radius 1 is 1.07 bits per heavy atom. The van der Waals surface area contributed by atoms with Crippen molar-refractivity contribution < 1.29 is 31.9 Å². The van der Waals surface area contributed by atoms with Gasteiger partial charge in [-0.2, -0.15) is 13.2 Å². The number of nitrogens with zero attached hydrogens (tertiary/aromatic N) is 3. The molecule has 1 aliphatic rings. The highest BCUT2D eigenvalue weighted by Crippen LogP contribution is 2.33. The van der Waals surface area contributed by atoms with Gasteiger partial charge in [-0.15, -0.1) is 0 Å². The van der Waals surface area contributed by atoms with E-state index in [1.54, 1.807) is 45.0 Å². The number of nitrogens with one attached hydrogen (secondary N) is 3. The molecule has 0 spiro atoms. The maximum Gasteiger partial charge on any atom is 0.416 e. The van der Waals surface area contributed by atoms with Gasteiger partial charge in [0.25, 0.3) is 0 Å². The number of urea groups is 1. The predicted octanol–water partition coefficient (Wildman–Crippen LogP) is 5.97. The van der Waals surface area contributed by atoms with Crippen molar-refractivity contribution in [1.82, 2.24) is 20.6 Å². The lowest BCUT2D eigenvalue weighted by Gasteiger charge is -2.23. The zero-order valence-electron chi connectivity index (χ0n) is 23.4. The number of carbonyl (C=O) groups excluding carboxylic acids is 2. The van der Waals surface area contributed by atoms with Crippen LogP contribution in [0.15, 0.2) is 54.7 Å². The number of carbonyl (C=O) groups is 2. The van der Waals surface area contributed by atoms with Gasteiger partial charge in [0.2, 0.25) is 0 Å². The standard InChI is InChI=1S/C29H32F4N6O3/c1-28(2,3)42-27(41)36-14-18-11-12-39(17-18)25-19(16-35-26(40)37-21-7-5-4-6-8-21)15-34-24(38-25)22-10-9-20(13-23(22)30)29(31,32)33/h4-10,13,15,18H,11-12,14,16-17H2,1-3H3,(H,36,41)(H2,35,37,40). The quantitative estimate of drug-likeness (QED) is 0.294. The minimum Gasteiger partial charge on any atom is -0.444 e. The van der Waals surface area contributed by atoms with Crippen molar-refractivity contribution in [3.8, 4) is 11.4 Å². The number of benzene rings is 2. The number of rotatable bonds is 7. The van der Waals surface area contributed by atoms with Gasteiger partial charge in [0, 0.05) is 43.6 Å². The summed E-state index contributed by atoms with van der Waals surface area (Å²) in [4.78, 5) is 35.2. The average Bonchev–Trinajstić information content (AvgIpc) is 3.39. The first kappa shape index (κ1) is 30.5. The molecule has 0 bridgehead atoms. The molecule has 0 saturated carbocycles. The second-order valence-electron chi connectivity index (χ2n) is 10.9. The number of aromatic nitrogens is 2. The lowest BCUT2D eigenvalue weighted by Crippen LogP contribution is -2.36. The number of hydrogen-bond donors (Lipinski definition) is 3. The first-order valence-electron chi connectivity index (χ1n) is 13.3. The molecule has 42 heavy (non-hydrogen) atoms. The minimum atomic E-state index is -4.70. The molecular weight excluding hydrogens is 556 g/mol. The summed E-state index contributed by atoms with van der Waals surface area (Å²) < 4.78 is 59.3. The molecule has 1 saturated heterocycles. The fourth-order valence-electron chi connectivity index (χ4n) is 4.40. The summed E-state index contributed by atoms with van der Waals surface area (Å²) in [6, 6.07) is 10.6. The topological polar surface area (TPSA) is 108 Å². The maximum absolute atomic E-state index is 14.8. The number of halogens is 4. The molecule has 1 aromatic heterocycles. The SMILES string of the molecule is CC(C)(C)OC(=O)NCC1CCN(c2nc(-c3ccc(C(F)(F)F)cc3F)ncc2CNC(=O)Nc2ccccc2)C1. The smallest absolute Gasteiger partial charge is 0.416 e. The number of ether oxygens (including phenoxy) is 1. The van der Waals surface area contributed by atoms with E-state index in [2.05, 4.69) is 25.9 Å². The third kappa shape index (κ3) is 8.30. The van der Waals surface area contributed by atoms with Crippen LogP contribution in [-0.4, -0.2) is 47.3 Å². The van der Waals surface area contributed by atoms with E-state index >= 15 is 0 Å². The van der Waals surface area contributed by atoms with Crippen LogP contribution in [0.5, 0.6) is 0 Å². The van der Waals surface area contributed by atoms with Crippen LogP contribution in [0.25, 0.3) is 11.4 Å². The largest absolute Gasteiger partial charge is 0.444 e. The zero-order chi connectivity index (χ0) is 30.5. The van der Waals surface area contributed by atoms with Crippen LogP contribution >= 0.6 is 0 Å². The number of alkyl carbamates (subject to hydrolysis) is 1. The molecule has 3 amide bonds. The molecular formula is C29H32F4N6O3. The molecule has 13 heteroatoms. The summed E-state index contributed by atoms with van der Waals surface area (Å²) in [5, 5.41) is 8.23. The van der Waals surface area contributed by atoms with Crippen molar-refractivity contribution in [3.63, 3.8) is 0 Å². The summed E-state index contributed by atoms with van der Waals surface area (Å²) in [5.74, 6) is -0.756. The van der Waals surface area contributed by atoms with Gasteiger partial charge in [0.15, 0.2) is 5.82 Å². The highest BCUT2D eigenvalue weighted by atomic mass is 19.4. The Kier molecular flexibility index (Phi) is 9.17. The van der Waals surface area contributed by atoms with Crippen molar-refractivity contribution in [2.45, 2.75) is 45.5 Å². The summed E-state index contributed by atoms with van der Waals surface area (Å²) in [6.45, 7) is 6.70. The molecule has 3 N–H and O–H groups in total.